The predicted octanol–water partition coefficient (Wildman–Crippen LogP) is 0.465. The van der Waals surface area contributed by atoms with Gasteiger partial charge in [0.1, 0.15) is 0 Å². The molecule has 0 radical (unpaired) electrons. The number of likely N-dealkylation sites (N-methyl/N-ethyl adjacent to an activating group) is 1. The molecule has 3 N–H and O–H groups in total. The highest BCUT2D eigenvalue weighted by Crippen LogP contribution is 2.04. The number of rotatable bonds is 5. The summed E-state index contributed by atoms with van der Waals surface area (Å²) in [6.07, 6.45) is 4.18. The Morgan fingerprint density at radius 3 is 2.72 bits per heavy atom. The summed E-state index contributed by atoms with van der Waals surface area (Å²) in [5.74, 6) is -0.854. The third kappa shape index (κ3) is 3.73. The highest BCUT2D eigenvalue weighted by Gasteiger charge is 2.21. The van der Waals surface area contributed by atoms with Gasteiger partial charge in [0.15, 0.2) is 5.84 Å². The van der Waals surface area contributed by atoms with E-state index in [0.717, 1.165) is 12.0 Å². The molecule has 98 valence electrons. The molecule has 1 aromatic heterocycles. The summed E-state index contributed by atoms with van der Waals surface area (Å²) in [5.41, 5.74) is 6.52. The average Bonchev–Trinajstić information content (AvgIpc) is 2.43. The van der Waals surface area contributed by atoms with E-state index in [0.29, 0.717) is 6.54 Å². The van der Waals surface area contributed by atoms with Crippen LogP contribution in [-0.4, -0.2) is 40.4 Å². The van der Waals surface area contributed by atoms with Gasteiger partial charge in [0.25, 0.3) is 0 Å². The van der Waals surface area contributed by atoms with Crippen molar-refractivity contribution in [3.63, 3.8) is 0 Å². The first-order valence-electron chi connectivity index (χ1n) is 5.67. The van der Waals surface area contributed by atoms with E-state index in [9.17, 15) is 4.79 Å². The summed E-state index contributed by atoms with van der Waals surface area (Å²) in [5, 5.41) is 11.4. The summed E-state index contributed by atoms with van der Waals surface area (Å²) in [4.78, 5) is 17.4. The first-order chi connectivity index (χ1) is 8.56. The Bertz CT molecular complexity index is 419. The molecule has 1 rings (SSSR count). The number of nitrogens with two attached hydrogens (primary N) is 1. The molecule has 1 heterocycles. The van der Waals surface area contributed by atoms with E-state index in [1.807, 2.05) is 12.1 Å². The molecule has 6 nitrogen and oxygen atoms in total. The zero-order chi connectivity index (χ0) is 13.5. The fourth-order valence-electron chi connectivity index (χ4n) is 1.50. The maximum atomic E-state index is 11.9. The number of amidine groups is 1. The molecule has 1 aromatic rings. The van der Waals surface area contributed by atoms with Gasteiger partial charge in [0.2, 0.25) is 5.91 Å². The van der Waals surface area contributed by atoms with Gasteiger partial charge in [-0.2, -0.15) is 0 Å². The third-order valence-electron chi connectivity index (χ3n) is 2.79. The van der Waals surface area contributed by atoms with Crippen molar-refractivity contribution in [3.8, 4) is 0 Å². The van der Waals surface area contributed by atoms with E-state index in [1.54, 1.807) is 31.3 Å². The van der Waals surface area contributed by atoms with E-state index in [4.69, 9.17) is 10.9 Å². The smallest absolute Gasteiger partial charge is 0.232 e. The molecular formula is C12H18N4O2. The number of hydrogen-bond acceptors (Lipinski definition) is 4. The summed E-state index contributed by atoms with van der Waals surface area (Å²) < 4.78 is 0. The number of carbonyl (C=O) groups excluding carboxylic acids is 1. The number of aromatic nitrogens is 1. The second-order valence-electron chi connectivity index (χ2n) is 4.11. The zero-order valence-electron chi connectivity index (χ0n) is 10.6. The van der Waals surface area contributed by atoms with Crippen molar-refractivity contribution >= 4 is 11.7 Å². The zero-order valence-corrected chi connectivity index (χ0v) is 10.6. The maximum absolute atomic E-state index is 11.9. The van der Waals surface area contributed by atoms with Gasteiger partial charge >= 0.3 is 0 Å². The third-order valence-corrected chi connectivity index (χ3v) is 2.79. The molecule has 0 spiro atoms. The van der Waals surface area contributed by atoms with Crippen LogP contribution in [-0.2, 0) is 11.2 Å². The van der Waals surface area contributed by atoms with Gasteiger partial charge in [-0.05, 0) is 31.0 Å². The first kappa shape index (κ1) is 14.0. The van der Waals surface area contributed by atoms with Crippen molar-refractivity contribution in [3.05, 3.63) is 30.1 Å². The molecule has 1 unspecified atom stereocenters. The van der Waals surface area contributed by atoms with Crippen LogP contribution in [0, 0.1) is 5.92 Å². The Kier molecular flexibility index (Phi) is 5.10. The van der Waals surface area contributed by atoms with Crippen LogP contribution in [0.4, 0.5) is 0 Å². The lowest BCUT2D eigenvalue weighted by Crippen LogP contribution is -2.39. The molecule has 0 saturated carbocycles. The average molecular weight is 250 g/mol. The summed E-state index contributed by atoms with van der Waals surface area (Å²) in [6.45, 7) is 2.19. The van der Waals surface area contributed by atoms with E-state index in [2.05, 4.69) is 10.1 Å². The molecule has 6 heteroatoms. The van der Waals surface area contributed by atoms with Gasteiger partial charge in [0.05, 0.1) is 5.92 Å². The lowest BCUT2D eigenvalue weighted by molar-refractivity contribution is -0.131. The molecular weight excluding hydrogens is 232 g/mol. The fourth-order valence-corrected chi connectivity index (χ4v) is 1.50. The standard InChI is InChI=1S/C12H18N4O2/c1-9(11(13)15-18)12(17)16(2)8-5-10-3-6-14-7-4-10/h3-4,6-7,9,18H,5,8H2,1-2H3,(H2,13,15). The minimum Gasteiger partial charge on any atom is -0.409 e. The second-order valence-corrected chi connectivity index (χ2v) is 4.11. The Morgan fingerprint density at radius 2 is 2.17 bits per heavy atom. The number of pyridine rings is 1. The van der Waals surface area contributed by atoms with Crippen LogP contribution in [0.2, 0.25) is 0 Å². The van der Waals surface area contributed by atoms with Crippen molar-refractivity contribution in [2.24, 2.45) is 16.8 Å². The molecule has 0 aliphatic carbocycles. The number of nitrogens with zero attached hydrogens (tertiary/aromatic N) is 3. The Labute approximate surface area is 106 Å². The van der Waals surface area contributed by atoms with Gasteiger partial charge < -0.3 is 15.8 Å². The molecule has 0 bridgehead atoms. The van der Waals surface area contributed by atoms with Crippen molar-refractivity contribution in [2.45, 2.75) is 13.3 Å². The van der Waals surface area contributed by atoms with Crippen LogP contribution < -0.4 is 5.73 Å². The topological polar surface area (TPSA) is 91.8 Å². The molecule has 1 amide bonds. The quantitative estimate of drug-likeness (QED) is 0.344. The number of carbonyl (C=O) groups is 1. The van der Waals surface area contributed by atoms with Crippen LogP contribution in [0.5, 0.6) is 0 Å². The lowest BCUT2D eigenvalue weighted by atomic mass is 10.1. The van der Waals surface area contributed by atoms with Crippen molar-refractivity contribution < 1.29 is 10.0 Å². The highest BCUT2D eigenvalue weighted by atomic mass is 16.4. The van der Waals surface area contributed by atoms with Crippen LogP contribution in [0.1, 0.15) is 12.5 Å². The lowest BCUT2D eigenvalue weighted by Gasteiger charge is -2.20. The number of amides is 1. The van der Waals surface area contributed by atoms with Crippen molar-refractivity contribution in [1.82, 2.24) is 9.88 Å². The van der Waals surface area contributed by atoms with Gasteiger partial charge in [-0.25, -0.2) is 0 Å². The first-order valence-corrected chi connectivity index (χ1v) is 5.67. The van der Waals surface area contributed by atoms with Crippen LogP contribution in [0.3, 0.4) is 0 Å². The van der Waals surface area contributed by atoms with Gasteiger partial charge in [-0.1, -0.05) is 5.16 Å². The molecule has 18 heavy (non-hydrogen) atoms. The van der Waals surface area contributed by atoms with E-state index >= 15 is 0 Å². The summed E-state index contributed by atoms with van der Waals surface area (Å²) >= 11 is 0. The molecule has 0 saturated heterocycles. The SMILES string of the molecule is CC(C(=O)N(C)CCc1ccncc1)C(N)=NO. The summed E-state index contributed by atoms with van der Waals surface area (Å²) in [6, 6.07) is 3.82. The Hall–Kier alpha value is -2.11. The fraction of sp³-hybridized carbons (Fsp3) is 0.417. The molecule has 0 aliphatic rings. The Morgan fingerprint density at radius 1 is 1.56 bits per heavy atom. The van der Waals surface area contributed by atoms with Crippen LogP contribution in [0.15, 0.2) is 29.7 Å². The van der Waals surface area contributed by atoms with Crippen molar-refractivity contribution in [2.75, 3.05) is 13.6 Å². The summed E-state index contributed by atoms with van der Waals surface area (Å²) in [7, 11) is 1.70. The van der Waals surface area contributed by atoms with Crippen LogP contribution >= 0.6 is 0 Å². The number of hydrogen-bond donors (Lipinski definition) is 2. The molecule has 0 aliphatic heterocycles. The van der Waals surface area contributed by atoms with Gasteiger partial charge in [-0.15, -0.1) is 0 Å². The van der Waals surface area contributed by atoms with Crippen molar-refractivity contribution in [1.29, 1.82) is 0 Å². The van der Waals surface area contributed by atoms with E-state index < -0.39 is 5.92 Å². The second kappa shape index (κ2) is 6.58. The highest BCUT2D eigenvalue weighted by molar-refractivity contribution is 6.01. The maximum Gasteiger partial charge on any atom is 0.232 e. The molecule has 0 aromatic carbocycles. The predicted molar refractivity (Wildman–Crippen MR) is 68.2 cm³/mol. The molecule has 1 atom stereocenters. The Balaban J connectivity index is 2.51. The van der Waals surface area contributed by atoms with Gasteiger partial charge in [0, 0.05) is 26.0 Å². The number of oxime groups is 1. The minimum absolute atomic E-state index is 0.0734. The van der Waals surface area contributed by atoms with E-state index in [1.165, 1.54) is 0 Å². The normalized spacial score (nSPS) is 13.1. The van der Waals surface area contributed by atoms with Gasteiger partial charge in [-0.3, -0.25) is 9.78 Å². The van der Waals surface area contributed by atoms with Crippen LogP contribution in [0.25, 0.3) is 0 Å². The molecule has 0 fully saturated rings. The monoisotopic (exact) mass is 250 g/mol. The largest absolute Gasteiger partial charge is 0.409 e. The minimum atomic E-state index is -0.613. The van der Waals surface area contributed by atoms with E-state index in [-0.39, 0.29) is 11.7 Å².